The van der Waals surface area contributed by atoms with E-state index in [1.807, 2.05) is 2.89 Å². The molecule has 0 aliphatic heterocycles. The SMILES string of the molecule is CCC[CH2][Sn]([CH2]CCC)([CH2]CCC)[c]1ccc(C2CC2)s1. The maximum absolute atomic E-state index is 2.59. The van der Waals surface area contributed by atoms with Crippen molar-refractivity contribution in [2.24, 2.45) is 0 Å². The molecular weight excluding hydrogens is 379 g/mol. The zero-order chi connectivity index (χ0) is 15.1. The predicted molar refractivity (Wildman–Crippen MR) is 101 cm³/mol. The second-order valence-electron chi connectivity index (χ2n) is 7.07. The van der Waals surface area contributed by atoms with Crippen LogP contribution in [0.15, 0.2) is 12.1 Å². The maximum atomic E-state index is 2.59. The fourth-order valence-electron chi connectivity index (χ4n) is 3.52. The van der Waals surface area contributed by atoms with E-state index >= 15 is 0 Å². The fraction of sp³-hybridized carbons (Fsp3) is 0.789. The van der Waals surface area contributed by atoms with Gasteiger partial charge in [-0.1, -0.05) is 0 Å². The Morgan fingerprint density at radius 3 is 1.86 bits per heavy atom. The van der Waals surface area contributed by atoms with Crippen molar-refractivity contribution in [1.29, 1.82) is 0 Å². The van der Waals surface area contributed by atoms with E-state index in [2.05, 4.69) is 44.2 Å². The van der Waals surface area contributed by atoms with Gasteiger partial charge in [0, 0.05) is 0 Å². The molecule has 0 atom stereocenters. The third kappa shape index (κ3) is 4.99. The van der Waals surface area contributed by atoms with Crippen molar-refractivity contribution in [2.45, 2.75) is 91.4 Å². The van der Waals surface area contributed by atoms with Crippen LogP contribution in [0.25, 0.3) is 0 Å². The average Bonchev–Trinajstić information content (AvgIpc) is 3.24. The van der Waals surface area contributed by atoms with Gasteiger partial charge in [0.05, 0.1) is 0 Å². The Hall–Kier alpha value is 0.499. The molecule has 120 valence electrons. The fourth-order valence-corrected chi connectivity index (χ4v) is 23.9. The molecule has 1 saturated carbocycles. The zero-order valence-corrected chi connectivity index (χ0v) is 18.1. The summed E-state index contributed by atoms with van der Waals surface area (Å²) in [6.45, 7) is 7.13. The van der Waals surface area contributed by atoms with E-state index in [-0.39, 0.29) is 0 Å². The Morgan fingerprint density at radius 1 is 0.905 bits per heavy atom. The van der Waals surface area contributed by atoms with Crippen LogP contribution in [-0.2, 0) is 0 Å². The van der Waals surface area contributed by atoms with Crippen molar-refractivity contribution in [3.63, 3.8) is 0 Å². The summed E-state index contributed by atoms with van der Waals surface area (Å²) < 4.78 is 6.79. The molecule has 21 heavy (non-hydrogen) atoms. The van der Waals surface area contributed by atoms with Gasteiger partial charge in [-0.25, -0.2) is 0 Å². The van der Waals surface area contributed by atoms with E-state index in [9.17, 15) is 0 Å². The summed E-state index contributed by atoms with van der Waals surface area (Å²) in [5.41, 5.74) is 0. The molecule has 1 aromatic rings. The average molecular weight is 413 g/mol. The number of thiophene rings is 1. The van der Waals surface area contributed by atoms with Crippen molar-refractivity contribution < 1.29 is 0 Å². The first-order chi connectivity index (χ1) is 10.3. The second kappa shape index (κ2) is 8.96. The van der Waals surface area contributed by atoms with Crippen molar-refractivity contribution in [3.8, 4) is 0 Å². The van der Waals surface area contributed by atoms with Crippen molar-refractivity contribution >= 4 is 32.6 Å². The summed E-state index contributed by atoms with van der Waals surface area (Å²) in [5.74, 6) is 0.955. The summed E-state index contributed by atoms with van der Waals surface area (Å²) in [7, 11) is 0. The Labute approximate surface area is 140 Å². The molecule has 0 radical (unpaired) electrons. The van der Waals surface area contributed by atoms with Gasteiger partial charge in [0.2, 0.25) is 0 Å². The Bertz CT molecular complexity index is 384. The summed E-state index contributed by atoms with van der Waals surface area (Å²) >= 11 is 0.165. The molecule has 1 aliphatic rings. The zero-order valence-electron chi connectivity index (χ0n) is 14.4. The number of hydrogen-bond acceptors (Lipinski definition) is 1. The van der Waals surface area contributed by atoms with Gasteiger partial charge in [-0.05, 0) is 0 Å². The minimum absolute atomic E-state index is 0.955. The molecule has 1 heterocycles. The third-order valence-electron chi connectivity index (χ3n) is 5.16. The Kier molecular flexibility index (Phi) is 7.61. The summed E-state index contributed by atoms with van der Waals surface area (Å²) in [6, 6.07) is 5.10. The van der Waals surface area contributed by atoms with Gasteiger partial charge in [0.15, 0.2) is 0 Å². The van der Waals surface area contributed by atoms with Crippen LogP contribution in [-0.4, -0.2) is 18.4 Å². The standard InChI is InChI=1S/C7H7S.3C4H9.Sn/c1-2-7(8-5-1)6-3-4-6;3*1-3-4-2;/h1-2,6H,3-4H2;3*1,3-4H2,2H3;. The summed E-state index contributed by atoms with van der Waals surface area (Å²) in [5, 5.41) is 0. The molecule has 0 saturated heterocycles. The molecule has 0 bridgehead atoms. The van der Waals surface area contributed by atoms with Gasteiger partial charge in [-0.2, -0.15) is 0 Å². The first-order valence-corrected chi connectivity index (χ1v) is 17.7. The van der Waals surface area contributed by atoms with Gasteiger partial charge in [0.1, 0.15) is 0 Å². The normalized spacial score (nSPS) is 15.6. The van der Waals surface area contributed by atoms with Gasteiger partial charge >= 0.3 is 141 Å². The van der Waals surface area contributed by atoms with E-state index < -0.39 is 18.4 Å². The van der Waals surface area contributed by atoms with Crippen molar-refractivity contribution in [3.05, 3.63) is 17.0 Å². The molecule has 1 aromatic heterocycles. The van der Waals surface area contributed by atoms with E-state index in [0.717, 1.165) is 5.92 Å². The molecule has 1 aliphatic carbocycles. The van der Waals surface area contributed by atoms with E-state index in [0.29, 0.717) is 0 Å². The van der Waals surface area contributed by atoms with Crippen LogP contribution >= 0.6 is 11.3 Å². The molecule has 0 N–H and O–H groups in total. The molecule has 0 nitrogen and oxygen atoms in total. The minimum atomic E-state index is -2.09. The van der Waals surface area contributed by atoms with Crippen LogP contribution in [0.1, 0.15) is 82.9 Å². The summed E-state index contributed by atoms with van der Waals surface area (Å²) in [4.78, 5) is 1.73. The van der Waals surface area contributed by atoms with Gasteiger partial charge in [-0.3, -0.25) is 0 Å². The number of hydrogen-bond donors (Lipinski definition) is 0. The third-order valence-corrected chi connectivity index (χ3v) is 24.7. The first kappa shape index (κ1) is 17.8. The van der Waals surface area contributed by atoms with Gasteiger partial charge < -0.3 is 0 Å². The monoisotopic (exact) mass is 414 g/mol. The molecule has 0 aromatic carbocycles. The Balaban J connectivity index is 2.19. The Morgan fingerprint density at radius 2 is 1.43 bits per heavy atom. The first-order valence-electron chi connectivity index (χ1n) is 9.36. The molecule has 1 fully saturated rings. The molecule has 0 unspecified atom stereocenters. The number of unbranched alkanes of at least 4 members (excludes halogenated alkanes) is 3. The van der Waals surface area contributed by atoms with E-state index in [1.54, 1.807) is 18.2 Å². The van der Waals surface area contributed by atoms with Crippen LogP contribution in [0.5, 0.6) is 0 Å². The van der Waals surface area contributed by atoms with Crippen LogP contribution in [0, 0.1) is 0 Å². The molecule has 0 spiro atoms. The molecule has 2 rings (SSSR count). The number of rotatable bonds is 11. The topological polar surface area (TPSA) is 0 Å². The van der Waals surface area contributed by atoms with Gasteiger partial charge in [-0.15, -0.1) is 0 Å². The predicted octanol–water partition coefficient (Wildman–Crippen LogP) is 6.68. The summed E-state index contributed by atoms with van der Waals surface area (Å²) in [6.07, 6.45) is 11.5. The van der Waals surface area contributed by atoms with Crippen LogP contribution in [0.2, 0.25) is 13.3 Å². The molecule has 0 amide bonds. The van der Waals surface area contributed by atoms with Crippen molar-refractivity contribution in [2.75, 3.05) is 0 Å². The van der Waals surface area contributed by atoms with Crippen LogP contribution in [0.3, 0.4) is 0 Å². The van der Waals surface area contributed by atoms with Gasteiger partial charge in [0.25, 0.3) is 0 Å². The molecular formula is C19H34SSn. The molecule has 2 heteroatoms. The quantitative estimate of drug-likeness (QED) is 0.355. The van der Waals surface area contributed by atoms with Crippen LogP contribution in [0.4, 0.5) is 0 Å². The second-order valence-corrected chi connectivity index (χ2v) is 22.3. The van der Waals surface area contributed by atoms with Crippen molar-refractivity contribution in [1.82, 2.24) is 0 Å². The van der Waals surface area contributed by atoms with Crippen LogP contribution < -0.4 is 2.89 Å². The van der Waals surface area contributed by atoms with E-state index in [1.165, 1.54) is 51.4 Å². The van der Waals surface area contributed by atoms with E-state index in [4.69, 9.17) is 0 Å².